The van der Waals surface area contributed by atoms with Gasteiger partial charge in [0, 0.05) is 0 Å². The minimum absolute atomic E-state index is 0.00176. The van der Waals surface area contributed by atoms with Gasteiger partial charge in [-0.1, -0.05) is 0 Å². The summed E-state index contributed by atoms with van der Waals surface area (Å²) in [4.78, 5) is 16.5. The molecule has 0 radical (unpaired) electrons. The van der Waals surface area contributed by atoms with Crippen molar-refractivity contribution in [3.05, 3.63) is 5.69 Å². The molecule has 2 rings (SSSR count). The van der Waals surface area contributed by atoms with Gasteiger partial charge in [-0.05, 0) is 16.7 Å². The van der Waals surface area contributed by atoms with Crippen LogP contribution in [0.5, 0.6) is 0 Å². The Morgan fingerprint density at radius 3 is 2.92 bits per heavy atom. The van der Waals surface area contributed by atoms with Crippen LogP contribution in [-0.4, -0.2) is 34.4 Å². The average molecular weight is 184 g/mol. The third kappa shape index (κ3) is 1.33. The van der Waals surface area contributed by atoms with Crippen LogP contribution in [0.25, 0.3) is 0 Å². The third-order valence-electron chi connectivity index (χ3n) is 1.70. The van der Waals surface area contributed by atoms with E-state index in [9.17, 15) is 4.79 Å². The van der Waals surface area contributed by atoms with Crippen molar-refractivity contribution in [2.24, 2.45) is 0 Å². The van der Waals surface area contributed by atoms with Gasteiger partial charge in [-0.2, -0.15) is 0 Å². The minimum atomic E-state index is -0.406. The maximum atomic E-state index is 11.5. The Morgan fingerprint density at radius 2 is 2.38 bits per heavy atom. The fourth-order valence-corrected chi connectivity index (χ4v) is 1.07. The Bertz CT molecular complexity index is 317. The fourth-order valence-electron chi connectivity index (χ4n) is 1.07. The molecule has 1 aromatic heterocycles. The number of nitrogen functional groups attached to an aromatic ring is 1. The number of hydroxylamine groups is 2. The van der Waals surface area contributed by atoms with Crippen LogP contribution in [0.4, 0.5) is 5.82 Å². The maximum absolute atomic E-state index is 11.5. The zero-order chi connectivity index (χ0) is 9.26. The molecule has 0 bridgehead atoms. The molecular formula is C6H8N4O3. The first-order chi connectivity index (χ1) is 6.29. The first-order valence-electron chi connectivity index (χ1n) is 3.82. The van der Waals surface area contributed by atoms with Crippen molar-refractivity contribution >= 4 is 11.7 Å². The summed E-state index contributed by atoms with van der Waals surface area (Å²) in [5.74, 6) is -0.420. The van der Waals surface area contributed by atoms with Gasteiger partial charge in [0.2, 0.25) is 11.5 Å². The SMILES string of the molecule is Nc1nonc1C(=O)N1CCCO1. The molecule has 0 aromatic carbocycles. The quantitative estimate of drug-likeness (QED) is 0.628. The molecule has 1 aliphatic rings. The lowest BCUT2D eigenvalue weighted by molar-refractivity contribution is -0.0773. The Morgan fingerprint density at radius 1 is 1.54 bits per heavy atom. The summed E-state index contributed by atoms with van der Waals surface area (Å²) in [6.45, 7) is 1.09. The molecular weight excluding hydrogens is 176 g/mol. The van der Waals surface area contributed by atoms with Gasteiger partial charge < -0.3 is 5.73 Å². The van der Waals surface area contributed by atoms with E-state index in [1.165, 1.54) is 5.06 Å². The molecule has 0 spiro atoms. The highest BCUT2D eigenvalue weighted by Gasteiger charge is 2.26. The normalized spacial score (nSPS) is 16.5. The van der Waals surface area contributed by atoms with Crippen molar-refractivity contribution in [3.8, 4) is 0 Å². The van der Waals surface area contributed by atoms with E-state index in [2.05, 4.69) is 14.9 Å². The Balaban J connectivity index is 2.17. The number of nitrogens with zero attached hydrogens (tertiary/aromatic N) is 3. The molecule has 0 aliphatic carbocycles. The van der Waals surface area contributed by atoms with E-state index in [0.29, 0.717) is 13.2 Å². The second-order valence-corrected chi connectivity index (χ2v) is 2.59. The molecule has 0 saturated carbocycles. The zero-order valence-electron chi connectivity index (χ0n) is 6.77. The van der Waals surface area contributed by atoms with E-state index in [4.69, 9.17) is 10.6 Å². The molecule has 70 valence electrons. The summed E-state index contributed by atoms with van der Waals surface area (Å²) in [5, 5.41) is 7.88. The maximum Gasteiger partial charge on any atom is 0.303 e. The van der Waals surface area contributed by atoms with E-state index in [1.807, 2.05) is 0 Å². The van der Waals surface area contributed by atoms with Crippen molar-refractivity contribution in [3.63, 3.8) is 0 Å². The smallest absolute Gasteiger partial charge is 0.303 e. The van der Waals surface area contributed by atoms with Gasteiger partial charge in [-0.3, -0.25) is 9.63 Å². The number of amides is 1. The number of hydrogen-bond donors (Lipinski definition) is 1. The van der Waals surface area contributed by atoms with Crippen LogP contribution in [0.3, 0.4) is 0 Å². The van der Waals surface area contributed by atoms with Crippen LogP contribution in [0.1, 0.15) is 16.9 Å². The lowest BCUT2D eigenvalue weighted by atomic mass is 10.4. The summed E-state index contributed by atoms with van der Waals surface area (Å²) < 4.78 is 4.30. The van der Waals surface area contributed by atoms with Gasteiger partial charge in [-0.15, -0.1) is 0 Å². The third-order valence-corrected chi connectivity index (χ3v) is 1.70. The highest BCUT2D eigenvalue weighted by Crippen LogP contribution is 2.12. The zero-order valence-corrected chi connectivity index (χ0v) is 6.77. The fraction of sp³-hybridized carbons (Fsp3) is 0.500. The molecule has 1 amide bonds. The standard InChI is InChI=1S/C6H8N4O3/c7-5-4(8-13-9-5)6(11)10-2-1-3-12-10/h1-3H2,(H2,7,9). The van der Waals surface area contributed by atoms with Gasteiger partial charge in [0.05, 0.1) is 13.2 Å². The van der Waals surface area contributed by atoms with Crippen molar-refractivity contribution in [1.29, 1.82) is 0 Å². The lowest BCUT2D eigenvalue weighted by Gasteiger charge is -2.10. The van der Waals surface area contributed by atoms with E-state index >= 15 is 0 Å². The first kappa shape index (κ1) is 7.99. The molecule has 7 heteroatoms. The van der Waals surface area contributed by atoms with Crippen LogP contribution in [0.15, 0.2) is 4.63 Å². The summed E-state index contributed by atoms with van der Waals surface area (Å²) in [5.41, 5.74) is 5.34. The molecule has 0 unspecified atom stereocenters. The molecule has 13 heavy (non-hydrogen) atoms. The van der Waals surface area contributed by atoms with Gasteiger partial charge in [0.25, 0.3) is 0 Å². The number of hydrogen-bond acceptors (Lipinski definition) is 6. The predicted octanol–water partition coefficient (Wildman–Crippen LogP) is -0.571. The topological polar surface area (TPSA) is 94.5 Å². The molecule has 1 fully saturated rings. The molecule has 1 saturated heterocycles. The molecule has 2 heterocycles. The summed E-state index contributed by atoms with van der Waals surface area (Å²) >= 11 is 0. The molecule has 7 nitrogen and oxygen atoms in total. The van der Waals surface area contributed by atoms with E-state index in [0.717, 1.165) is 6.42 Å². The van der Waals surface area contributed by atoms with Crippen LogP contribution in [-0.2, 0) is 4.84 Å². The number of nitrogens with two attached hydrogens (primary N) is 1. The number of rotatable bonds is 1. The summed E-state index contributed by atoms with van der Waals surface area (Å²) in [7, 11) is 0. The Hall–Kier alpha value is -1.63. The van der Waals surface area contributed by atoms with E-state index in [1.54, 1.807) is 0 Å². The second kappa shape index (κ2) is 3.02. The predicted molar refractivity (Wildman–Crippen MR) is 40.3 cm³/mol. The number of aromatic nitrogens is 2. The molecule has 1 aromatic rings. The average Bonchev–Trinajstić information content (AvgIpc) is 2.72. The van der Waals surface area contributed by atoms with Crippen molar-refractivity contribution in [1.82, 2.24) is 15.4 Å². The van der Waals surface area contributed by atoms with E-state index in [-0.39, 0.29) is 11.5 Å². The highest BCUT2D eigenvalue weighted by molar-refractivity contribution is 5.95. The molecule has 1 aliphatic heterocycles. The summed E-state index contributed by atoms with van der Waals surface area (Å²) in [6, 6.07) is 0. The Kier molecular flexibility index (Phi) is 1.85. The highest BCUT2D eigenvalue weighted by atomic mass is 16.7. The van der Waals surface area contributed by atoms with Crippen molar-refractivity contribution < 1.29 is 14.3 Å². The van der Waals surface area contributed by atoms with Crippen molar-refractivity contribution in [2.45, 2.75) is 6.42 Å². The van der Waals surface area contributed by atoms with Crippen LogP contribution >= 0.6 is 0 Å². The van der Waals surface area contributed by atoms with Crippen LogP contribution in [0, 0.1) is 0 Å². The Labute approximate surface area is 73.4 Å². The van der Waals surface area contributed by atoms with E-state index < -0.39 is 5.91 Å². The van der Waals surface area contributed by atoms with Crippen LogP contribution in [0.2, 0.25) is 0 Å². The van der Waals surface area contributed by atoms with Gasteiger partial charge in [-0.25, -0.2) is 9.69 Å². The molecule has 0 atom stereocenters. The van der Waals surface area contributed by atoms with Gasteiger partial charge in [0.15, 0.2) is 0 Å². The summed E-state index contributed by atoms with van der Waals surface area (Å²) in [6.07, 6.45) is 0.816. The second-order valence-electron chi connectivity index (χ2n) is 2.59. The lowest BCUT2D eigenvalue weighted by Crippen LogP contribution is -2.27. The van der Waals surface area contributed by atoms with Crippen molar-refractivity contribution in [2.75, 3.05) is 18.9 Å². The first-order valence-corrected chi connectivity index (χ1v) is 3.82. The van der Waals surface area contributed by atoms with Gasteiger partial charge >= 0.3 is 5.91 Å². The number of carbonyl (C=O) groups is 1. The monoisotopic (exact) mass is 184 g/mol. The number of carbonyl (C=O) groups excluding carboxylic acids is 1. The largest absolute Gasteiger partial charge is 0.379 e. The minimum Gasteiger partial charge on any atom is -0.379 e. The number of anilines is 1. The van der Waals surface area contributed by atoms with Gasteiger partial charge in [0.1, 0.15) is 0 Å². The molecule has 2 N–H and O–H groups in total. The van der Waals surface area contributed by atoms with Crippen LogP contribution < -0.4 is 5.73 Å².